The number of amides is 3. The van der Waals surface area contributed by atoms with E-state index >= 15 is 0 Å². The fourth-order valence-corrected chi connectivity index (χ4v) is 3.56. The Morgan fingerprint density at radius 2 is 1.70 bits per heavy atom. The summed E-state index contributed by atoms with van der Waals surface area (Å²) in [4.78, 5) is 39.4. The number of carbonyl (C=O) groups is 3. The van der Waals surface area contributed by atoms with E-state index in [9.17, 15) is 19.5 Å². The summed E-state index contributed by atoms with van der Waals surface area (Å²) in [5.74, 6) is -0.848. The highest BCUT2D eigenvalue weighted by molar-refractivity contribution is 9.10. The molecule has 3 amide bonds. The van der Waals surface area contributed by atoms with Gasteiger partial charge in [-0.3, -0.25) is 14.6 Å². The highest BCUT2D eigenvalue weighted by Crippen LogP contribution is 2.30. The number of ether oxygens (including phenoxy) is 1. The Balaban J connectivity index is 1.81. The lowest BCUT2D eigenvalue weighted by molar-refractivity contribution is -0.152. The Kier molecular flexibility index (Phi) is 5.90. The normalized spacial score (nSPS) is 14.4. The van der Waals surface area contributed by atoms with Crippen molar-refractivity contribution in [2.24, 2.45) is 0 Å². The van der Waals surface area contributed by atoms with Crippen LogP contribution in [-0.4, -0.2) is 40.1 Å². The fourth-order valence-electron chi connectivity index (χ4n) is 3.29. The lowest BCUT2D eigenvalue weighted by Gasteiger charge is -2.25. The van der Waals surface area contributed by atoms with Crippen molar-refractivity contribution >= 4 is 39.5 Å². The molecule has 1 aliphatic rings. The minimum atomic E-state index is -1.37. The van der Waals surface area contributed by atoms with Crippen LogP contribution in [0.5, 0.6) is 5.75 Å². The number of carbonyl (C=O) groups excluding carboxylic acids is 2. The van der Waals surface area contributed by atoms with E-state index in [1.807, 2.05) is 38.1 Å². The predicted octanol–water partition coefficient (Wildman–Crippen LogP) is 4.28. The molecule has 7 nitrogen and oxygen atoms in total. The molecule has 2 aromatic rings. The molecule has 1 N–H and O–H groups in total. The monoisotopic (exact) mass is 474 g/mol. The van der Waals surface area contributed by atoms with Crippen LogP contribution in [0.3, 0.4) is 0 Å². The number of carboxylic acids is 1. The van der Waals surface area contributed by atoms with Crippen LogP contribution < -0.4 is 9.64 Å². The summed E-state index contributed by atoms with van der Waals surface area (Å²) in [7, 11) is 0. The zero-order valence-corrected chi connectivity index (χ0v) is 18.8. The third-order valence-corrected chi connectivity index (χ3v) is 5.46. The van der Waals surface area contributed by atoms with Gasteiger partial charge in [0.15, 0.2) is 5.60 Å². The number of anilines is 1. The Hall–Kier alpha value is -2.87. The Bertz CT molecular complexity index is 994. The van der Waals surface area contributed by atoms with E-state index in [2.05, 4.69) is 15.9 Å². The molecular formula is C22H23BrN2O5. The Morgan fingerprint density at radius 1 is 1.13 bits per heavy atom. The second kappa shape index (κ2) is 8.10. The zero-order valence-electron chi connectivity index (χ0n) is 17.2. The minimum absolute atomic E-state index is 0.00751. The molecule has 0 spiro atoms. The number of hydrogen-bond acceptors (Lipinski definition) is 4. The van der Waals surface area contributed by atoms with Gasteiger partial charge in [0.1, 0.15) is 12.3 Å². The Labute approximate surface area is 183 Å². The van der Waals surface area contributed by atoms with Gasteiger partial charge in [0.2, 0.25) is 0 Å². The molecule has 0 aromatic heterocycles. The standard InChI is InChI=1S/C22H23BrN2O5/c1-13-9-15(10-14(2)19(13)30-22(3,4)20(27)28)11-25-18(26)12-24(21(25)29)17-7-5-16(23)6-8-17/h5-10H,11-12H2,1-4H3,(H,27,28). The molecule has 158 valence electrons. The lowest BCUT2D eigenvalue weighted by atomic mass is 10.0. The summed E-state index contributed by atoms with van der Waals surface area (Å²) in [6.45, 7) is 6.72. The van der Waals surface area contributed by atoms with Gasteiger partial charge < -0.3 is 9.84 Å². The second-order valence-electron chi connectivity index (χ2n) is 7.80. The number of nitrogens with zero attached hydrogens (tertiary/aromatic N) is 2. The quantitative estimate of drug-likeness (QED) is 0.631. The molecule has 8 heteroatoms. The molecule has 1 heterocycles. The molecule has 0 radical (unpaired) electrons. The third-order valence-electron chi connectivity index (χ3n) is 4.93. The first kappa shape index (κ1) is 21.8. The van der Waals surface area contributed by atoms with E-state index in [0.29, 0.717) is 11.4 Å². The summed E-state index contributed by atoms with van der Waals surface area (Å²) in [6.07, 6.45) is 0. The maximum Gasteiger partial charge on any atom is 0.347 e. The van der Waals surface area contributed by atoms with Crippen molar-refractivity contribution in [3.05, 3.63) is 57.6 Å². The van der Waals surface area contributed by atoms with E-state index in [4.69, 9.17) is 4.74 Å². The van der Waals surface area contributed by atoms with Gasteiger partial charge in [-0.05, 0) is 68.7 Å². The van der Waals surface area contributed by atoms with Gasteiger partial charge in [-0.15, -0.1) is 0 Å². The van der Waals surface area contributed by atoms with Gasteiger partial charge in [-0.1, -0.05) is 28.1 Å². The SMILES string of the molecule is Cc1cc(CN2C(=O)CN(c3ccc(Br)cc3)C2=O)cc(C)c1OC(C)(C)C(=O)O. The zero-order chi connectivity index (χ0) is 22.2. The second-order valence-corrected chi connectivity index (χ2v) is 8.72. The molecule has 2 aromatic carbocycles. The molecule has 0 unspecified atom stereocenters. The van der Waals surface area contributed by atoms with E-state index in [1.54, 1.807) is 12.1 Å². The van der Waals surface area contributed by atoms with Crippen molar-refractivity contribution in [3.63, 3.8) is 0 Å². The summed E-state index contributed by atoms with van der Waals surface area (Å²) in [6, 6.07) is 10.4. The summed E-state index contributed by atoms with van der Waals surface area (Å²) in [5.41, 5.74) is 1.53. The van der Waals surface area contributed by atoms with Crippen LogP contribution in [0.25, 0.3) is 0 Å². The predicted molar refractivity (Wildman–Crippen MR) is 116 cm³/mol. The first-order valence-corrected chi connectivity index (χ1v) is 10.2. The first-order chi connectivity index (χ1) is 14.0. The van der Waals surface area contributed by atoms with Crippen LogP contribution in [0.2, 0.25) is 0 Å². The van der Waals surface area contributed by atoms with Crippen LogP contribution >= 0.6 is 15.9 Å². The number of aliphatic carboxylic acids is 1. The van der Waals surface area contributed by atoms with Gasteiger partial charge in [-0.2, -0.15) is 0 Å². The van der Waals surface area contributed by atoms with Crippen LogP contribution in [-0.2, 0) is 16.1 Å². The summed E-state index contributed by atoms with van der Waals surface area (Å²) >= 11 is 3.36. The average Bonchev–Trinajstić information content (AvgIpc) is 2.93. The van der Waals surface area contributed by atoms with Gasteiger partial charge in [-0.25, -0.2) is 9.59 Å². The largest absolute Gasteiger partial charge is 0.478 e. The number of urea groups is 1. The van der Waals surface area contributed by atoms with Crippen LogP contribution in [0.15, 0.2) is 40.9 Å². The molecule has 0 aliphatic carbocycles. The smallest absolute Gasteiger partial charge is 0.347 e. The summed E-state index contributed by atoms with van der Waals surface area (Å²) < 4.78 is 6.61. The molecule has 1 fully saturated rings. The maximum absolute atomic E-state index is 12.8. The molecule has 1 saturated heterocycles. The molecule has 0 atom stereocenters. The van der Waals surface area contributed by atoms with Crippen molar-refractivity contribution in [2.45, 2.75) is 39.8 Å². The van der Waals surface area contributed by atoms with Crippen LogP contribution in [0.4, 0.5) is 10.5 Å². The molecule has 0 bridgehead atoms. The van der Waals surface area contributed by atoms with Gasteiger partial charge in [0, 0.05) is 10.2 Å². The number of carboxylic acid groups (broad SMARTS) is 1. The molecular weight excluding hydrogens is 452 g/mol. The molecule has 1 aliphatic heterocycles. The number of rotatable bonds is 6. The van der Waals surface area contributed by atoms with Crippen molar-refractivity contribution in [3.8, 4) is 5.75 Å². The highest BCUT2D eigenvalue weighted by Gasteiger charge is 2.37. The van der Waals surface area contributed by atoms with E-state index in [-0.39, 0.29) is 25.0 Å². The maximum atomic E-state index is 12.8. The number of imide groups is 1. The number of aryl methyl sites for hydroxylation is 2. The fraction of sp³-hybridized carbons (Fsp3) is 0.318. The average molecular weight is 475 g/mol. The molecule has 0 saturated carbocycles. The summed E-state index contributed by atoms with van der Waals surface area (Å²) in [5, 5.41) is 9.31. The lowest BCUT2D eigenvalue weighted by Crippen LogP contribution is -2.38. The van der Waals surface area contributed by atoms with Crippen LogP contribution in [0, 0.1) is 13.8 Å². The van der Waals surface area contributed by atoms with Crippen molar-refractivity contribution < 1.29 is 24.2 Å². The Morgan fingerprint density at radius 3 is 2.23 bits per heavy atom. The van der Waals surface area contributed by atoms with E-state index in [0.717, 1.165) is 21.2 Å². The first-order valence-electron chi connectivity index (χ1n) is 9.39. The van der Waals surface area contributed by atoms with Gasteiger partial charge in [0.05, 0.1) is 6.54 Å². The van der Waals surface area contributed by atoms with Crippen LogP contribution in [0.1, 0.15) is 30.5 Å². The number of halogens is 1. The number of hydrogen-bond donors (Lipinski definition) is 1. The van der Waals surface area contributed by atoms with Gasteiger partial charge >= 0.3 is 12.0 Å². The van der Waals surface area contributed by atoms with Crippen molar-refractivity contribution in [2.75, 3.05) is 11.4 Å². The highest BCUT2D eigenvalue weighted by atomic mass is 79.9. The number of benzene rings is 2. The topological polar surface area (TPSA) is 87.2 Å². The van der Waals surface area contributed by atoms with E-state index in [1.165, 1.54) is 23.6 Å². The minimum Gasteiger partial charge on any atom is -0.478 e. The van der Waals surface area contributed by atoms with Gasteiger partial charge in [0.25, 0.3) is 5.91 Å². The molecule has 3 rings (SSSR count). The van der Waals surface area contributed by atoms with E-state index < -0.39 is 11.6 Å². The third kappa shape index (κ3) is 4.33. The van der Waals surface area contributed by atoms with Crippen molar-refractivity contribution in [1.82, 2.24) is 4.90 Å². The van der Waals surface area contributed by atoms with Crippen molar-refractivity contribution in [1.29, 1.82) is 0 Å². The molecule has 30 heavy (non-hydrogen) atoms.